The second-order valence-corrected chi connectivity index (χ2v) is 9.21. The average Bonchev–Trinajstić information content (AvgIpc) is 2.25. The summed E-state index contributed by atoms with van der Waals surface area (Å²) >= 11 is 0. The Kier molecular flexibility index (Phi) is 5.57. The van der Waals surface area contributed by atoms with Gasteiger partial charge in [0.05, 0.1) is 6.10 Å². The molecule has 0 aliphatic heterocycles. The van der Waals surface area contributed by atoms with E-state index in [0.717, 1.165) is 12.0 Å². The molecule has 0 bridgehead atoms. The Morgan fingerprint density at radius 1 is 1.21 bits per heavy atom. The lowest BCUT2D eigenvalue weighted by atomic mass is 9.86. The van der Waals surface area contributed by atoms with Crippen LogP contribution >= 0.6 is 0 Å². The van der Waals surface area contributed by atoms with E-state index in [2.05, 4.69) is 64.7 Å². The van der Waals surface area contributed by atoms with Crippen molar-refractivity contribution in [2.75, 3.05) is 0 Å². The highest BCUT2D eigenvalue weighted by Crippen LogP contribution is 2.33. The number of benzene rings is 1. The largest absolute Gasteiger partial charge is 0.414 e. The van der Waals surface area contributed by atoms with Crippen molar-refractivity contribution in [3.05, 3.63) is 42.0 Å². The zero-order valence-electron chi connectivity index (χ0n) is 13.3. The maximum atomic E-state index is 6.23. The SMILES string of the molecule is C=C(C)c1ccc(C(CC(C)(C)C)O[SiH](C)C)cc1. The first-order chi connectivity index (χ1) is 8.69. The first-order valence-electron chi connectivity index (χ1n) is 7.10. The van der Waals surface area contributed by atoms with Crippen LogP contribution in [0.25, 0.3) is 5.57 Å². The average molecular weight is 276 g/mol. The van der Waals surface area contributed by atoms with Gasteiger partial charge in [-0.1, -0.05) is 57.2 Å². The summed E-state index contributed by atoms with van der Waals surface area (Å²) in [6.07, 6.45) is 1.29. The van der Waals surface area contributed by atoms with E-state index in [9.17, 15) is 0 Å². The molecule has 0 N–H and O–H groups in total. The van der Waals surface area contributed by atoms with Crippen LogP contribution in [0.3, 0.4) is 0 Å². The molecule has 1 unspecified atom stereocenters. The van der Waals surface area contributed by atoms with Gasteiger partial charge < -0.3 is 4.43 Å². The normalized spacial score (nSPS) is 13.6. The Balaban J connectivity index is 2.93. The topological polar surface area (TPSA) is 9.23 Å². The summed E-state index contributed by atoms with van der Waals surface area (Å²) in [5.74, 6) is 0. The fourth-order valence-corrected chi connectivity index (χ4v) is 3.02. The van der Waals surface area contributed by atoms with Crippen molar-refractivity contribution in [2.24, 2.45) is 5.41 Å². The molecule has 0 saturated heterocycles. The maximum Gasteiger partial charge on any atom is 0.171 e. The monoisotopic (exact) mass is 276 g/mol. The van der Waals surface area contributed by atoms with Gasteiger partial charge in [0.15, 0.2) is 9.04 Å². The molecule has 19 heavy (non-hydrogen) atoms. The molecule has 0 heterocycles. The molecule has 1 atom stereocenters. The van der Waals surface area contributed by atoms with Crippen LogP contribution < -0.4 is 0 Å². The zero-order valence-corrected chi connectivity index (χ0v) is 14.4. The van der Waals surface area contributed by atoms with Crippen molar-refractivity contribution in [1.82, 2.24) is 0 Å². The van der Waals surface area contributed by atoms with Crippen LogP contribution in [0, 0.1) is 5.41 Å². The van der Waals surface area contributed by atoms with Gasteiger partial charge in [0, 0.05) is 0 Å². The second-order valence-electron chi connectivity index (χ2n) is 6.84. The van der Waals surface area contributed by atoms with Crippen LogP contribution in [0.4, 0.5) is 0 Å². The number of hydrogen-bond acceptors (Lipinski definition) is 1. The molecule has 0 radical (unpaired) electrons. The van der Waals surface area contributed by atoms with E-state index in [0.29, 0.717) is 0 Å². The molecule has 0 aliphatic rings. The van der Waals surface area contributed by atoms with Gasteiger partial charge in [-0.15, -0.1) is 0 Å². The number of allylic oxidation sites excluding steroid dienone is 1. The molecule has 1 nitrogen and oxygen atoms in total. The fourth-order valence-electron chi connectivity index (χ4n) is 2.11. The van der Waals surface area contributed by atoms with Crippen molar-refractivity contribution < 1.29 is 4.43 Å². The lowest BCUT2D eigenvalue weighted by molar-refractivity contribution is 0.147. The summed E-state index contributed by atoms with van der Waals surface area (Å²) in [6, 6.07) is 8.69. The van der Waals surface area contributed by atoms with Gasteiger partial charge >= 0.3 is 0 Å². The Labute approximate surface area is 120 Å². The van der Waals surface area contributed by atoms with Crippen LogP contribution in [0.1, 0.15) is 51.3 Å². The van der Waals surface area contributed by atoms with Crippen molar-refractivity contribution in [2.45, 2.75) is 53.3 Å². The van der Waals surface area contributed by atoms with Gasteiger partial charge in [0.1, 0.15) is 0 Å². The van der Waals surface area contributed by atoms with Crippen LogP contribution in [0.15, 0.2) is 30.8 Å². The molecule has 1 aromatic rings. The van der Waals surface area contributed by atoms with E-state index in [1.165, 1.54) is 11.1 Å². The summed E-state index contributed by atoms with van der Waals surface area (Å²) < 4.78 is 6.23. The maximum absolute atomic E-state index is 6.23. The van der Waals surface area contributed by atoms with Gasteiger partial charge in [0.2, 0.25) is 0 Å². The smallest absolute Gasteiger partial charge is 0.171 e. The second kappa shape index (κ2) is 6.53. The molecular formula is C17H28OSi. The first-order valence-corrected chi connectivity index (χ1v) is 9.88. The van der Waals surface area contributed by atoms with E-state index in [1.54, 1.807) is 0 Å². The quantitative estimate of drug-likeness (QED) is 0.672. The third-order valence-electron chi connectivity index (χ3n) is 3.01. The van der Waals surface area contributed by atoms with E-state index < -0.39 is 9.04 Å². The first kappa shape index (κ1) is 16.2. The molecule has 106 valence electrons. The Hall–Kier alpha value is -0.863. The Morgan fingerprint density at radius 2 is 1.74 bits per heavy atom. The molecule has 0 aliphatic carbocycles. The molecule has 1 rings (SSSR count). The summed E-state index contributed by atoms with van der Waals surface area (Å²) in [6.45, 7) is 17.3. The highest BCUT2D eigenvalue weighted by atomic mass is 28.3. The minimum atomic E-state index is -1.04. The third kappa shape index (κ3) is 5.75. The lowest BCUT2D eigenvalue weighted by Gasteiger charge is -2.28. The minimum Gasteiger partial charge on any atom is -0.414 e. The van der Waals surface area contributed by atoms with E-state index in [1.807, 2.05) is 6.92 Å². The molecule has 2 heteroatoms. The highest BCUT2D eigenvalue weighted by Gasteiger charge is 2.21. The van der Waals surface area contributed by atoms with Gasteiger partial charge in [-0.3, -0.25) is 0 Å². The Morgan fingerprint density at radius 3 is 2.11 bits per heavy atom. The fraction of sp³-hybridized carbons (Fsp3) is 0.529. The van der Waals surface area contributed by atoms with Gasteiger partial charge in [-0.2, -0.15) is 0 Å². The number of hydrogen-bond donors (Lipinski definition) is 0. The summed E-state index contributed by atoms with van der Waals surface area (Å²) in [4.78, 5) is 0. The molecule has 0 aromatic heterocycles. The van der Waals surface area contributed by atoms with E-state index in [-0.39, 0.29) is 11.5 Å². The van der Waals surface area contributed by atoms with Gasteiger partial charge in [0.25, 0.3) is 0 Å². The van der Waals surface area contributed by atoms with Crippen LogP contribution in [0.5, 0.6) is 0 Å². The molecule has 0 amide bonds. The molecule has 0 saturated carbocycles. The van der Waals surface area contributed by atoms with Crippen LogP contribution in [-0.2, 0) is 4.43 Å². The third-order valence-corrected chi connectivity index (χ3v) is 3.88. The van der Waals surface area contributed by atoms with Crippen molar-refractivity contribution in [1.29, 1.82) is 0 Å². The van der Waals surface area contributed by atoms with Crippen LogP contribution in [0.2, 0.25) is 13.1 Å². The predicted octanol–water partition coefficient (Wildman–Crippen LogP) is 5.20. The summed E-state index contributed by atoms with van der Waals surface area (Å²) in [7, 11) is -1.04. The van der Waals surface area contributed by atoms with E-state index in [4.69, 9.17) is 4.43 Å². The highest BCUT2D eigenvalue weighted by molar-refractivity contribution is 6.48. The van der Waals surface area contributed by atoms with Crippen molar-refractivity contribution in [3.63, 3.8) is 0 Å². The zero-order chi connectivity index (χ0) is 14.6. The minimum absolute atomic E-state index is 0.228. The van der Waals surface area contributed by atoms with Crippen molar-refractivity contribution in [3.8, 4) is 0 Å². The summed E-state index contributed by atoms with van der Waals surface area (Å²) in [5.41, 5.74) is 3.89. The molecule has 1 aromatic carbocycles. The Bertz CT molecular complexity index is 412. The van der Waals surface area contributed by atoms with Gasteiger partial charge in [-0.25, -0.2) is 0 Å². The standard InChI is InChI=1S/C17H28OSi/c1-13(2)14-8-10-15(11-9-14)16(18-19(6)7)12-17(3,4)5/h8-11,16,19H,1,12H2,2-7H3. The molecular weight excluding hydrogens is 248 g/mol. The molecule has 0 spiro atoms. The predicted molar refractivity (Wildman–Crippen MR) is 87.9 cm³/mol. The van der Waals surface area contributed by atoms with E-state index >= 15 is 0 Å². The lowest BCUT2D eigenvalue weighted by Crippen LogP contribution is -2.19. The number of rotatable bonds is 5. The van der Waals surface area contributed by atoms with Gasteiger partial charge in [-0.05, 0) is 43.0 Å². The summed E-state index contributed by atoms with van der Waals surface area (Å²) in [5, 5.41) is 0. The molecule has 0 fully saturated rings. The van der Waals surface area contributed by atoms with Crippen LogP contribution in [-0.4, -0.2) is 9.04 Å². The van der Waals surface area contributed by atoms with Crippen molar-refractivity contribution >= 4 is 14.6 Å².